The van der Waals surface area contributed by atoms with Crippen molar-refractivity contribution in [1.29, 1.82) is 0 Å². The number of halogens is 4. The average Bonchev–Trinajstić information content (AvgIpc) is 3.14. The number of aromatic nitrogens is 4. The largest absolute Gasteiger partial charge is 0.489 e. The number of nitrogens with one attached hydrogen (secondary N) is 1. The molecule has 0 aromatic carbocycles. The van der Waals surface area contributed by atoms with Crippen LogP contribution in [0.15, 0.2) is 29.3 Å². The van der Waals surface area contributed by atoms with E-state index in [0.29, 0.717) is 23.4 Å². The predicted octanol–water partition coefficient (Wildman–Crippen LogP) is 3.87. The zero-order valence-corrected chi connectivity index (χ0v) is 18.7. The summed E-state index contributed by atoms with van der Waals surface area (Å²) in [6.07, 6.45) is 1.65. The summed E-state index contributed by atoms with van der Waals surface area (Å²) in [6, 6.07) is 3.33. The Balaban J connectivity index is 1.12. The molecule has 1 spiro atoms. The molecule has 5 rings (SSSR count). The minimum atomic E-state index is -4.52. The molecule has 3 aromatic rings. The molecule has 7 nitrogen and oxygen atoms in total. The normalized spacial score (nSPS) is 18.5. The second-order valence-corrected chi connectivity index (χ2v) is 9.50. The second kappa shape index (κ2) is 8.02. The van der Waals surface area contributed by atoms with Crippen LogP contribution in [0.25, 0.3) is 5.52 Å². The lowest BCUT2D eigenvalue weighted by Crippen LogP contribution is -2.64. The van der Waals surface area contributed by atoms with Crippen molar-refractivity contribution < 1.29 is 17.9 Å². The molecule has 1 saturated carbocycles. The lowest BCUT2D eigenvalue weighted by Gasteiger charge is -2.58. The third-order valence-corrected chi connectivity index (χ3v) is 7.08. The molecule has 2 aliphatic rings. The van der Waals surface area contributed by atoms with Crippen molar-refractivity contribution in [2.75, 3.05) is 19.6 Å². The summed E-state index contributed by atoms with van der Waals surface area (Å²) in [5.74, 6) is -0.470. The molecule has 4 heterocycles. The van der Waals surface area contributed by atoms with Crippen molar-refractivity contribution >= 4 is 17.1 Å². The number of aromatic amines is 1. The highest BCUT2D eigenvalue weighted by Crippen LogP contribution is 2.50. The van der Waals surface area contributed by atoms with Crippen LogP contribution >= 0.6 is 11.6 Å². The van der Waals surface area contributed by atoms with Crippen LogP contribution in [0.3, 0.4) is 0 Å². The van der Waals surface area contributed by atoms with Crippen LogP contribution in [0.2, 0.25) is 5.02 Å². The van der Waals surface area contributed by atoms with Crippen molar-refractivity contribution in [3.05, 3.63) is 57.0 Å². The zero-order valence-electron chi connectivity index (χ0n) is 18.0. The number of rotatable bonds is 6. The SMILES string of the molecule is Cc1c(OC2CC3(C2)CN(CCCc2cn[nH]c(=O)c2Cl)C3)ccc2cnc(C(F)(F)F)n12. The Morgan fingerprint density at radius 3 is 2.76 bits per heavy atom. The minimum absolute atomic E-state index is 0.00193. The van der Waals surface area contributed by atoms with Crippen molar-refractivity contribution in [1.82, 2.24) is 24.5 Å². The number of likely N-dealkylation sites (tertiary alicyclic amines) is 1. The Morgan fingerprint density at radius 1 is 1.27 bits per heavy atom. The number of fused-ring (bicyclic) bond motifs is 1. The standard InChI is InChI=1S/C22H23ClF3N5O2/c1-13-17(5-4-15-10-27-20(31(13)15)22(24,25)26)33-16-7-21(8-16)11-30(12-21)6-2-3-14-9-28-29-19(32)18(14)23/h4-5,9-10,16H,2-3,6-8,11-12H2,1H3,(H,29,32). The van der Waals surface area contributed by atoms with Gasteiger partial charge in [-0.25, -0.2) is 10.1 Å². The maximum Gasteiger partial charge on any atom is 0.450 e. The van der Waals surface area contributed by atoms with Crippen molar-refractivity contribution in [3.8, 4) is 5.75 Å². The first-order valence-corrected chi connectivity index (χ1v) is 11.2. The molecule has 1 saturated heterocycles. The Morgan fingerprint density at radius 2 is 2.03 bits per heavy atom. The third kappa shape index (κ3) is 4.10. The summed E-state index contributed by atoms with van der Waals surface area (Å²) in [7, 11) is 0. The monoisotopic (exact) mass is 481 g/mol. The lowest BCUT2D eigenvalue weighted by molar-refractivity contribution is -0.145. The molecule has 176 valence electrons. The van der Waals surface area contributed by atoms with Gasteiger partial charge in [0.2, 0.25) is 5.82 Å². The quantitative estimate of drug-likeness (QED) is 0.578. The lowest BCUT2D eigenvalue weighted by atomic mass is 9.61. The molecule has 0 unspecified atom stereocenters. The highest BCUT2D eigenvalue weighted by atomic mass is 35.5. The van der Waals surface area contributed by atoms with E-state index in [4.69, 9.17) is 16.3 Å². The molecule has 0 atom stereocenters. The second-order valence-electron chi connectivity index (χ2n) is 9.12. The Labute approximate surface area is 192 Å². The van der Waals surface area contributed by atoms with Crippen molar-refractivity contribution in [2.45, 2.75) is 44.9 Å². The first-order chi connectivity index (χ1) is 15.7. The van der Waals surface area contributed by atoms with E-state index in [2.05, 4.69) is 20.1 Å². The van der Waals surface area contributed by atoms with Gasteiger partial charge < -0.3 is 9.64 Å². The molecule has 0 radical (unpaired) electrons. The van der Waals surface area contributed by atoms with Gasteiger partial charge in [-0.15, -0.1) is 0 Å². The van der Waals surface area contributed by atoms with Gasteiger partial charge in [0.15, 0.2) is 0 Å². The highest BCUT2D eigenvalue weighted by molar-refractivity contribution is 6.31. The molecule has 11 heteroatoms. The van der Waals surface area contributed by atoms with E-state index < -0.39 is 12.0 Å². The van der Waals surface area contributed by atoms with Gasteiger partial charge in [-0.05, 0) is 56.8 Å². The van der Waals surface area contributed by atoms with Crippen LogP contribution in [0, 0.1) is 12.3 Å². The zero-order chi connectivity index (χ0) is 23.4. The molecular weight excluding hydrogens is 459 g/mol. The molecule has 3 aromatic heterocycles. The fourth-order valence-electron chi connectivity index (χ4n) is 5.13. The third-order valence-electron chi connectivity index (χ3n) is 6.66. The van der Waals surface area contributed by atoms with Gasteiger partial charge in [-0.1, -0.05) is 11.6 Å². The smallest absolute Gasteiger partial charge is 0.450 e. The van der Waals surface area contributed by atoms with Crippen LogP contribution < -0.4 is 10.3 Å². The summed E-state index contributed by atoms with van der Waals surface area (Å²) in [5.41, 5.74) is 1.42. The molecule has 1 N–H and O–H groups in total. The molecular formula is C22H23ClF3N5O2. The number of hydrogen-bond donors (Lipinski definition) is 1. The summed E-state index contributed by atoms with van der Waals surface area (Å²) >= 11 is 6.01. The molecule has 1 aliphatic heterocycles. The minimum Gasteiger partial charge on any atom is -0.489 e. The molecule has 0 bridgehead atoms. The number of pyridine rings is 1. The Hall–Kier alpha value is -2.59. The number of ether oxygens (including phenoxy) is 1. The summed E-state index contributed by atoms with van der Waals surface area (Å²) < 4.78 is 47.0. The number of alkyl halides is 3. The van der Waals surface area contributed by atoms with Crippen LogP contribution in [-0.4, -0.2) is 50.2 Å². The van der Waals surface area contributed by atoms with Crippen LogP contribution in [0.1, 0.15) is 36.3 Å². The van der Waals surface area contributed by atoms with Crippen LogP contribution in [-0.2, 0) is 12.6 Å². The molecule has 0 amide bonds. The molecule has 1 aliphatic carbocycles. The van der Waals surface area contributed by atoms with Gasteiger partial charge in [0.05, 0.1) is 23.6 Å². The van der Waals surface area contributed by atoms with Gasteiger partial charge in [-0.2, -0.15) is 18.3 Å². The van der Waals surface area contributed by atoms with Gasteiger partial charge in [0.1, 0.15) is 16.9 Å². The predicted molar refractivity (Wildman–Crippen MR) is 116 cm³/mol. The summed E-state index contributed by atoms with van der Waals surface area (Å²) in [4.78, 5) is 17.4. The first kappa shape index (κ1) is 22.2. The highest BCUT2D eigenvalue weighted by Gasteiger charge is 2.53. The van der Waals surface area contributed by atoms with E-state index in [9.17, 15) is 18.0 Å². The van der Waals surface area contributed by atoms with E-state index in [-0.39, 0.29) is 22.1 Å². The fourth-order valence-corrected chi connectivity index (χ4v) is 5.31. The van der Waals surface area contributed by atoms with E-state index in [1.807, 2.05) is 0 Å². The fraction of sp³-hybridized carbons (Fsp3) is 0.500. The average molecular weight is 482 g/mol. The van der Waals surface area contributed by atoms with Gasteiger partial charge in [0.25, 0.3) is 5.56 Å². The molecule has 2 fully saturated rings. The maximum absolute atomic E-state index is 13.3. The number of aryl methyl sites for hydroxylation is 2. The van der Waals surface area contributed by atoms with Gasteiger partial charge in [0, 0.05) is 18.5 Å². The van der Waals surface area contributed by atoms with E-state index in [1.165, 1.54) is 6.20 Å². The van der Waals surface area contributed by atoms with Gasteiger partial charge >= 0.3 is 6.18 Å². The summed E-state index contributed by atoms with van der Waals surface area (Å²) in [5, 5.41) is 6.31. The van der Waals surface area contributed by atoms with Crippen molar-refractivity contribution in [3.63, 3.8) is 0 Å². The number of H-pyrrole nitrogens is 1. The number of nitrogens with zero attached hydrogens (tertiary/aromatic N) is 4. The Kier molecular flexibility index (Phi) is 5.40. The van der Waals surface area contributed by atoms with Gasteiger partial charge in [-0.3, -0.25) is 9.20 Å². The maximum atomic E-state index is 13.3. The van der Waals surface area contributed by atoms with E-state index >= 15 is 0 Å². The van der Waals surface area contributed by atoms with E-state index in [1.54, 1.807) is 25.3 Å². The van der Waals surface area contributed by atoms with Crippen LogP contribution in [0.5, 0.6) is 5.75 Å². The number of hydrogen-bond acceptors (Lipinski definition) is 5. The Bertz CT molecular complexity index is 1240. The van der Waals surface area contributed by atoms with Crippen LogP contribution in [0.4, 0.5) is 13.2 Å². The summed E-state index contributed by atoms with van der Waals surface area (Å²) in [6.45, 7) is 4.49. The molecule has 33 heavy (non-hydrogen) atoms. The topological polar surface area (TPSA) is 75.5 Å². The number of imidazole rings is 1. The van der Waals surface area contributed by atoms with E-state index in [0.717, 1.165) is 48.9 Å². The first-order valence-electron chi connectivity index (χ1n) is 10.8. The van der Waals surface area contributed by atoms with Crippen molar-refractivity contribution in [2.24, 2.45) is 5.41 Å².